The summed E-state index contributed by atoms with van der Waals surface area (Å²) >= 11 is 0. The van der Waals surface area contributed by atoms with E-state index in [9.17, 15) is 0 Å². The van der Waals surface area contributed by atoms with Crippen LogP contribution in [0.4, 0.5) is 0 Å². The van der Waals surface area contributed by atoms with Gasteiger partial charge in [0, 0.05) is 12.6 Å². The molecule has 1 saturated heterocycles. The third-order valence-corrected chi connectivity index (χ3v) is 2.11. The summed E-state index contributed by atoms with van der Waals surface area (Å²) in [6, 6.07) is 0.722. The lowest BCUT2D eigenvalue weighted by atomic mass is 9.88. The van der Waals surface area contributed by atoms with Gasteiger partial charge in [-0.25, -0.2) is 0 Å². The smallest absolute Gasteiger partial charge is 0.0250 e. The fraction of sp³-hybridized carbons (Fsp3) is 0.714. The van der Waals surface area contributed by atoms with Gasteiger partial charge in [-0.05, 0) is 18.8 Å². The Kier molecular flexibility index (Phi) is 2.52. The molecule has 3 aliphatic rings. The lowest BCUT2D eigenvalue weighted by Gasteiger charge is -2.31. The van der Waals surface area contributed by atoms with E-state index in [0.29, 0.717) is 0 Å². The van der Waals surface area contributed by atoms with E-state index in [1.165, 1.54) is 19.4 Å². The molecule has 0 aromatic heterocycles. The lowest BCUT2D eigenvalue weighted by molar-refractivity contribution is 0.363. The highest BCUT2D eigenvalue weighted by molar-refractivity contribution is 14.0. The maximum atomic E-state index is 3.43. The number of rotatable bonds is 0. The molecule has 0 saturated carbocycles. The Bertz CT molecular complexity index is 100. The van der Waals surface area contributed by atoms with Crippen LogP contribution in [0.25, 0.3) is 0 Å². The van der Waals surface area contributed by atoms with Crippen molar-refractivity contribution in [3.8, 4) is 0 Å². The molecular formula is C7H12IN. The van der Waals surface area contributed by atoms with Crippen LogP contribution in [0.2, 0.25) is 0 Å². The average molecular weight is 237 g/mol. The van der Waals surface area contributed by atoms with E-state index in [0.717, 1.165) is 12.0 Å². The van der Waals surface area contributed by atoms with Crippen LogP contribution in [-0.4, -0.2) is 12.6 Å². The normalized spacial score (nSPS) is 38.2. The van der Waals surface area contributed by atoms with Crippen molar-refractivity contribution in [2.24, 2.45) is 5.92 Å². The van der Waals surface area contributed by atoms with Crippen LogP contribution in [0.1, 0.15) is 12.8 Å². The maximum absolute atomic E-state index is 3.43. The Hall–Kier alpha value is 0.430. The van der Waals surface area contributed by atoms with Crippen LogP contribution in [0.15, 0.2) is 12.2 Å². The second kappa shape index (κ2) is 3.01. The van der Waals surface area contributed by atoms with Crippen molar-refractivity contribution >= 4 is 24.0 Å². The SMILES string of the molecule is C1=CC2CCC1CN2.I. The first kappa shape index (κ1) is 7.54. The number of nitrogens with one attached hydrogen (secondary N) is 1. The van der Waals surface area contributed by atoms with Crippen LogP contribution in [-0.2, 0) is 0 Å². The second-order valence-corrected chi connectivity index (χ2v) is 2.74. The van der Waals surface area contributed by atoms with Crippen LogP contribution in [0.5, 0.6) is 0 Å². The highest BCUT2D eigenvalue weighted by Crippen LogP contribution is 2.21. The highest BCUT2D eigenvalue weighted by atomic mass is 127. The topological polar surface area (TPSA) is 12.0 Å². The van der Waals surface area contributed by atoms with Crippen LogP contribution in [0.3, 0.4) is 0 Å². The second-order valence-electron chi connectivity index (χ2n) is 2.74. The van der Waals surface area contributed by atoms with Gasteiger partial charge < -0.3 is 5.32 Å². The van der Waals surface area contributed by atoms with Crippen molar-refractivity contribution in [2.75, 3.05) is 6.54 Å². The van der Waals surface area contributed by atoms with Gasteiger partial charge in [-0.2, -0.15) is 0 Å². The number of piperidine rings is 1. The van der Waals surface area contributed by atoms with Crippen molar-refractivity contribution in [1.82, 2.24) is 5.32 Å². The van der Waals surface area contributed by atoms with Crippen molar-refractivity contribution in [2.45, 2.75) is 18.9 Å². The summed E-state index contributed by atoms with van der Waals surface area (Å²) in [6.45, 7) is 1.22. The van der Waals surface area contributed by atoms with Gasteiger partial charge in [-0.3, -0.25) is 0 Å². The van der Waals surface area contributed by atoms with Gasteiger partial charge in [0.15, 0.2) is 0 Å². The van der Waals surface area contributed by atoms with E-state index < -0.39 is 0 Å². The van der Waals surface area contributed by atoms with Gasteiger partial charge in [-0.15, -0.1) is 24.0 Å². The Balaban J connectivity index is 0.000000405. The van der Waals surface area contributed by atoms with E-state index >= 15 is 0 Å². The Morgan fingerprint density at radius 2 is 2.11 bits per heavy atom. The zero-order chi connectivity index (χ0) is 5.40. The van der Waals surface area contributed by atoms with Gasteiger partial charge in [0.2, 0.25) is 0 Å². The van der Waals surface area contributed by atoms with Crippen LogP contribution >= 0.6 is 24.0 Å². The minimum absolute atomic E-state index is 0. The monoisotopic (exact) mass is 237 g/mol. The quantitative estimate of drug-likeness (QED) is 0.497. The predicted molar refractivity (Wildman–Crippen MR) is 49.1 cm³/mol. The molecule has 0 aromatic carbocycles. The molecule has 2 unspecified atom stereocenters. The van der Waals surface area contributed by atoms with Gasteiger partial charge in [0.1, 0.15) is 0 Å². The molecule has 0 radical (unpaired) electrons. The molecule has 2 heterocycles. The van der Waals surface area contributed by atoms with Gasteiger partial charge in [0.05, 0.1) is 0 Å². The van der Waals surface area contributed by atoms with Gasteiger partial charge >= 0.3 is 0 Å². The summed E-state index contributed by atoms with van der Waals surface area (Å²) < 4.78 is 0. The molecule has 9 heavy (non-hydrogen) atoms. The third kappa shape index (κ3) is 1.46. The molecule has 52 valence electrons. The average Bonchev–Trinajstić information content (AvgIpc) is 1.92. The van der Waals surface area contributed by atoms with Gasteiger partial charge in [0.25, 0.3) is 0 Å². The summed E-state index contributed by atoms with van der Waals surface area (Å²) in [5.41, 5.74) is 0. The molecule has 0 amide bonds. The van der Waals surface area contributed by atoms with E-state index in [-0.39, 0.29) is 24.0 Å². The van der Waals surface area contributed by atoms with Crippen molar-refractivity contribution in [3.63, 3.8) is 0 Å². The fourth-order valence-electron chi connectivity index (χ4n) is 1.52. The molecule has 1 aliphatic carbocycles. The van der Waals surface area contributed by atoms with E-state index in [1.807, 2.05) is 0 Å². The molecule has 2 heteroatoms. The first-order valence-corrected chi connectivity index (χ1v) is 3.37. The zero-order valence-electron chi connectivity index (χ0n) is 5.34. The fourth-order valence-corrected chi connectivity index (χ4v) is 1.52. The minimum Gasteiger partial charge on any atom is -0.310 e. The molecular weight excluding hydrogens is 225 g/mol. The number of halogens is 1. The summed E-state index contributed by atoms with van der Waals surface area (Å²) in [4.78, 5) is 0. The molecule has 2 bridgehead atoms. The predicted octanol–water partition coefficient (Wildman–Crippen LogP) is 1.54. The summed E-state index contributed by atoms with van der Waals surface area (Å²) in [6.07, 6.45) is 7.43. The summed E-state index contributed by atoms with van der Waals surface area (Å²) in [5.74, 6) is 0.861. The molecule has 2 atom stereocenters. The Labute approximate surface area is 72.9 Å². The van der Waals surface area contributed by atoms with Crippen molar-refractivity contribution in [3.05, 3.63) is 12.2 Å². The molecule has 3 rings (SSSR count). The largest absolute Gasteiger partial charge is 0.310 e. The zero-order valence-corrected chi connectivity index (χ0v) is 7.67. The highest BCUT2D eigenvalue weighted by Gasteiger charge is 2.20. The molecule has 2 aliphatic heterocycles. The first-order valence-electron chi connectivity index (χ1n) is 3.37. The molecule has 0 aromatic rings. The van der Waals surface area contributed by atoms with E-state index in [2.05, 4.69) is 17.5 Å². The first-order chi connectivity index (χ1) is 3.95. The van der Waals surface area contributed by atoms with E-state index in [1.54, 1.807) is 0 Å². The third-order valence-electron chi connectivity index (χ3n) is 2.11. The number of hydrogen-bond acceptors (Lipinski definition) is 1. The Morgan fingerprint density at radius 1 is 1.22 bits per heavy atom. The molecule has 1 fully saturated rings. The standard InChI is InChI=1S/C7H11N.HI/c1-3-7-4-2-6(1)5-8-7;/h1,3,6-8H,2,4-5H2;1H. The van der Waals surface area contributed by atoms with Crippen LogP contribution < -0.4 is 5.32 Å². The summed E-state index contributed by atoms with van der Waals surface area (Å²) in [7, 11) is 0. The molecule has 1 N–H and O–H groups in total. The van der Waals surface area contributed by atoms with E-state index in [4.69, 9.17) is 0 Å². The molecule has 1 nitrogen and oxygen atoms in total. The number of fused-ring (bicyclic) bond motifs is 2. The lowest BCUT2D eigenvalue weighted by Crippen LogP contribution is -2.40. The molecule has 0 spiro atoms. The van der Waals surface area contributed by atoms with Gasteiger partial charge in [-0.1, -0.05) is 12.2 Å². The van der Waals surface area contributed by atoms with Crippen LogP contribution in [0, 0.1) is 5.92 Å². The minimum atomic E-state index is 0. The number of hydrogen-bond donors (Lipinski definition) is 1. The maximum Gasteiger partial charge on any atom is 0.0250 e. The summed E-state index contributed by atoms with van der Waals surface area (Å²) in [5, 5.41) is 3.43. The van der Waals surface area contributed by atoms with Crippen molar-refractivity contribution < 1.29 is 0 Å². The van der Waals surface area contributed by atoms with Crippen molar-refractivity contribution in [1.29, 1.82) is 0 Å². The Morgan fingerprint density at radius 3 is 2.22 bits per heavy atom.